The number of aromatic nitrogens is 1. The SMILES string of the molecule is CC(N)CCC(=O)N1CCCC(CN2CCN(c3ccccn3)CC2)C1. The van der Waals surface area contributed by atoms with Crippen LogP contribution in [0.15, 0.2) is 24.4 Å². The van der Waals surface area contributed by atoms with Crippen LogP contribution in [0.2, 0.25) is 0 Å². The zero-order valence-corrected chi connectivity index (χ0v) is 16.0. The Balaban J connectivity index is 1.42. The molecule has 2 saturated heterocycles. The third-order valence-electron chi connectivity index (χ3n) is 5.55. The van der Waals surface area contributed by atoms with Gasteiger partial charge in [0.2, 0.25) is 5.91 Å². The molecule has 2 N–H and O–H groups in total. The number of anilines is 1. The molecule has 26 heavy (non-hydrogen) atoms. The lowest BCUT2D eigenvalue weighted by Gasteiger charge is -2.39. The summed E-state index contributed by atoms with van der Waals surface area (Å²) < 4.78 is 0. The van der Waals surface area contributed by atoms with Crippen molar-refractivity contribution in [2.75, 3.05) is 50.7 Å². The van der Waals surface area contributed by atoms with Crippen LogP contribution in [0.4, 0.5) is 5.82 Å². The second-order valence-electron chi connectivity index (χ2n) is 7.84. The molecule has 0 aromatic carbocycles. The predicted octanol–water partition coefficient (Wildman–Crippen LogP) is 1.57. The Kier molecular flexibility index (Phi) is 6.86. The van der Waals surface area contributed by atoms with E-state index in [0.29, 0.717) is 12.3 Å². The number of hydrogen-bond donors (Lipinski definition) is 1. The summed E-state index contributed by atoms with van der Waals surface area (Å²) in [6.07, 6.45) is 5.60. The Morgan fingerprint density at radius 3 is 2.77 bits per heavy atom. The number of hydrogen-bond acceptors (Lipinski definition) is 5. The van der Waals surface area contributed by atoms with Gasteiger partial charge in [-0.25, -0.2) is 4.98 Å². The van der Waals surface area contributed by atoms with E-state index in [-0.39, 0.29) is 11.9 Å². The van der Waals surface area contributed by atoms with Crippen molar-refractivity contribution in [2.24, 2.45) is 11.7 Å². The summed E-state index contributed by atoms with van der Waals surface area (Å²) in [6, 6.07) is 6.20. The van der Waals surface area contributed by atoms with E-state index in [0.717, 1.165) is 64.5 Å². The van der Waals surface area contributed by atoms with Gasteiger partial charge in [-0.05, 0) is 44.2 Å². The molecule has 0 saturated carbocycles. The minimum atomic E-state index is 0.106. The molecule has 6 heteroatoms. The zero-order valence-electron chi connectivity index (χ0n) is 16.0. The van der Waals surface area contributed by atoms with Gasteiger partial charge in [0.05, 0.1) is 0 Å². The number of nitrogens with zero attached hydrogens (tertiary/aromatic N) is 4. The first-order chi connectivity index (χ1) is 12.6. The standard InChI is InChI=1S/C20H33N5O/c1-17(21)7-8-20(26)25-10-4-5-18(16-25)15-23-11-13-24(14-12-23)19-6-2-3-9-22-19/h2-3,6,9,17-18H,4-5,7-8,10-16,21H2,1H3. The number of carbonyl (C=O) groups excluding carboxylic acids is 1. The van der Waals surface area contributed by atoms with Gasteiger partial charge in [-0.15, -0.1) is 0 Å². The number of piperazine rings is 1. The molecule has 6 nitrogen and oxygen atoms in total. The first kappa shape index (κ1) is 19.1. The highest BCUT2D eigenvalue weighted by Gasteiger charge is 2.26. The molecule has 2 atom stereocenters. The zero-order chi connectivity index (χ0) is 18.4. The van der Waals surface area contributed by atoms with Crippen LogP contribution in [0, 0.1) is 5.92 Å². The van der Waals surface area contributed by atoms with Crippen molar-refractivity contribution in [3.63, 3.8) is 0 Å². The lowest BCUT2D eigenvalue weighted by molar-refractivity contribution is -0.133. The molecule has 2 fully saturated rings. The van der Waals surface area contributed by atoms with Crippen LogP contribution in [-0.2, 0) is 4.79 Å². The molecule has 2 aliphatic heterocycles. The van der Waals surface area contributed by atoms with Crippen LogP contribution in [-0.4, -0.2) is 72.5 Å². The summed E-state index contributed by atoms with van der Waals surface area (Å²) in [5.74, 6) is 1.96. The third kappa shape index (κ3) is 5.42. The maximum absolute atomic E-state index is 12.4. The molecule has 144 valence electrons. The number of carbonyl (C=O) groups is 1. The molecule has 0 spiro atoms. The Morgan fingerprint density at radius 2 is 2.08 bits per heavy atom. The van der Waals surface area contributed by atoms with Gasteiger partial charge < -0.3 is 15.5 Å². The van der Waals surface area contributed by atoms with Crippen LogP contribution in [0.1, 0.15) is 32.6 Å². The largest absolute Gasteiger partial charge is 0.354 e. The molecule has 0 radical (unpaired) electrons. The maximum Gasteiger partial charge on any atom is 0.222 e. The molecule has 3 rings (SSSR count). The van der Waals surface area contributed by atoms with Crippen molar-refractivity contribution in [1.82, 2.24) is 14.8 Å². The number of piperidine rings is 1. The second-order valence-corrected chi connectivity index (χ2v) is 7.84. The molecule has 1 amide bonds. The van der Waals surface area contributed by atoms with Crippen LogP contribution in [0.3, 0.4) is 0 Å². The molecule has 2 unspecified atom stereocenters. The Labute approximate surface area is 157 Å². The first-order valence-corrected chi connectivity index (χ1v) is 10.0. The summed E-state index contributed by atoms with van der Waals surface area (Å²) in [6.45, 7) is 9.11. The molecule has 3 heterocycles. The highest BCUT2D eigenvalue weighted by molar-refractivity contribution is 5.76. The van der Waals surface area contributed by atoms with Crippen LogP contribution in [0.25, 0.3) is 0 Å². The van der Waals surface area contributed by atoms with Crippen molar-refractivity contribution in [1.29, 1.82) is 0 Å². The van der Waals surface area contributed by atoms with E-state index in [1.165, 1.54) is 6.42 Å². The predicted molar refractivity (Wildman–Crippen MR) is 105 cm³/mol. The number of likely N-dealkylation sites (tertiary alicyclic amines) is 1. The van der Waals surface area contributed by atoms with Gasteiger partial charge in [-0.2, -0.15) is 0 Å². The second kappa shape index (κ2) is 9.33. The molecule has 0 aliphatic carbocycles. The minimum absolute atomic E-state index is 0.106. The highest BCUT2D eigenvalue weighted by Crippen LogP contribution is 2.20. The molecule has 1 aromatic heterocycles. The number of pyridine rings is 1. The van der Waals surface area contributed by atoms with E-state index in [4.69, 9.17) is 5.73 Å². The van der Waals surface area contributed by atoms with Crippen molar-refractivity contribution in [3.05, 3.63) is 24.4 Å². The molecular weight excluding hydrogens is 326 g/mol. The van der Waals surface area contributed by atoms with Crippen LogP contribution < -0.4 is 10.6 Å². The molecular formula is C20H33N5O. The van der Waals surface area contributed by atoms with E-state index in [2.05, 4.69) is 25.8 Å². The van der Waals surface area contributed by atoms with E-state index in [9.17, 15) is 4.79 Å². The Bertz CT molecular complexity index is 557. The lowest BCUT2D eigenvalue weighted by atomic mass is 9.96. The number of rotatable bonds is 6. The summed E-state index contributed by atoms with van der Waals surface area (Å²) >= 11 is 0. The van der Waals surface area contributed by atoms with Gasteiger partial charge in [0.1, 0.15) is 5.82 Å². The summed E-state index contributed by atoms with van der Waals surface area (Å²) in [7, 11) is 0. The van der Waals surface area contributed by atoms with Gasteiger partial charge >= 0.3 is 0 Å². The monoisotopic (exact) mass is 359 g/mol. The Hall–Kier alpha value is -1.66. The van der Waals surface area contributed by atoms with E-state index >= 15 is 0 Å². The fourth-order valence-corrected chi connectivity index (χ4v) is 4.02. The summed E-state index contributed by atoms with van der Waals surface area (Å²) in [5, 5.41) is 0. The Morgan fingerprint density at radius 1 is 1.27 bits per heavy atom. The van der Waals surface area contributed by atoms with Gasteiger partial charge in [-0.3, -0.25) is 9.69 Å². The van der Waals surface area contributed by atoms with Gasteiger partial charge in [-0.1, -0.05) is 6.07 Å². The van der Waals surface area contributed by atoms with Gasteiger partial charge in [0.25, 0.3) is 0 Å². The first-order valence-electron chi connectivity index (χ1n) is 10.0. The average Bonchev–Trinajstić information content (AvgIpc) is 2.67. The van der Waals surface area contributed by atoms with Crippen molar-refractivity contribution < 1.29 is 4.79 Å². The van der Waals surface area contributed by atoms with Crippen molar-refractivity contribution >= 4 is 11.7 Å². The fourth-order valence-electron chi connectivity index (χ4n) is 4.02. The number of nitrogens with two attached hydrogens (primary N) is 1. The fraction of sp³-hybridized carbons (Fsp3) is 0.700. The molecule has 1 aromatic rings. The van der Waals surface area contributed by atoms with Crippen molar-refractivity contribution in [2.45, 2.75) is 38.6 Å². The van der Waals surface area contributed by atoms with Gasteiger partial charge in [0, 0.05) is 64.5 Å². The lowest BCUT2D eigenvalue weighted by Crippen LogP contribution is -2.50. The summed E-state index contributed by atoms with van der Waals surface area (Å²) in [4.78, 5) is 23.8. The van der Waals surface area contributed by atoms with Gasteiger partial charge in [0.15, 0.2) is 0 Å². The maximum atomic E-state index is 12.4. The average molecular weight is 360 g/mol. The highest BCUT2D eigenvalue weighted by atomic mass is 16.2. The van der Waals surface area contributed by atoms with E-state index in [1.54, 1.807) is 0 Å². The minimum Gasteiger partial charge on any atom is -0.354 e. The smallest absolute Gasteiger partial charge is 0.222 e. The third-order valence-corrected chi connectivity index (χ3v) is 5.55. The topological polar surface area (TPSA) is 65.7 Å². The van der Waals surface area contributed by atoms with Crippen LogP contribution in [0.5, 0.6) is 0 Å². The molecule has 0 bridgehead atoms. The van der Waals surface area contributed by atoms with Crippen LogP contribution >= 0.6 is 0 Å². The normalized spacial score (nSPS) is 23.1. The summed E-state index contributed by atoms with van der Waals surface area (Å²) in [5.41, 5.74) is 5.79. The quantitative estimate of drug-likeness (QED) is 0.835. The molecule has 2 aliphatic rings. The van der Waals surface area contributed by atoms with Crippen molar-refractivity contribution in [3.8, 4) is 0 Å². The van der Waals surface area contributed by atoms with E-state index < -0.39 is 0 Å². The van der Waals surface area contributed by atoms with E-state index in [1.807, 2.05) is 25.3 Å². The number of amides is 1.